The zero-order valence-electron chi connectivity index (χ0n) is 13.4. The molecule has 0 bridgehead atoms. The third-order valence-electron chi connectivity index (χ3n) is 4.06. The second-order valence-corrected chi connectivity index (χ2v) is 7.57. The molecule has 2 aromatic carbocycles. The van der Waals surface area contributed by atoms with Gasteiger partial charge in [0.1, 0.15) is 11.6 Å². The van der Waals surface area contributed by atoms with E-state index in [0.717, 1.165) is 23.3 Å². The standard InChI is InChI=1S/C17H16F2N2O3S/c1-11(22)21-5-4-12-2-3-16(6-13(12)10-21)20-25(23,24)17-8-14(18)7-15(19)9-17/h2-3,6-9,20H,4-5,10H2,1H3. The molecule has 1 aliphatic heterocycles. The molecule has 0 aromatic heterocycles. The molecule has 132 valence electrons. The van der Waals surface area contributed by atoms with Crippen LogP contribution in [0.2, 0.25) is 0 Å². The van der Waals surface area contributed by atoms with Crippen molar-refractivity contribution in [2.24, 2.45) is 0 Å². The van der Waals surface area contributed by atoms with E-state index in [1.165, 1.54) is 6.92 Å². The Kier molecular flexibility index (Phi) is 4.47. The highest BCUT2D eigenvalue weighted by atomic mass is 32.2. The number of rotatable bonds is 3. The van der Waals surface area contributed by atoms with E-state index in [4.69, 9.17) is 0 Å². The van der Waals surface area contributed by atoms with Crippen LogP contribution in [0.15, 0.2) is 41.3 Å². The van der Waals surface area contributed by atoms with E-state index in [-0.39, 0.29) is 11.6 Å². The molecular formula is C17H16F2N2O3S. The first-order valence-corrected chi connectivity index (χ1v) is 9.09. The summed E-state index contributed by atoms with van der Waals surface area (Å²) in [5.74, 6) is -1.99. The maximum Gasteiger partial charge on any atom is 0.262 e. The number of amides is 1. The number of sulfonamides is 1. The second kappa shape index (κ2) is 6.44. The number of anilines is 1. The lowest BCUT2D eigenvalue weighted by Gasteiger charge is -2.28. The van der Waals surface area contributed by atoms with Crippen LogP contribution in [-0.2, 0) is 27.8 Å². The van der Waals surface area contributed by atoms with Gasteiger partial charge in [-0.15, -0.1) is 0 Å². The second-order valence-electron chi connectivity index (χ2n) is 5.88. The van der Waals surface area contributed by atoms with Gasteiger partial charge in [0, 0.05) is 31.8 Å². The molecule has 1 N–H and O–H groups in total. The number of hydrogen-bond acceptors (Lipinski definition) is 3. The number of carbonyl (C=O) groups is 1. The van der Waals surface area contributed by atoms with E-state index in [1.54, 1.807) is 23.1 Å². The molecule has 0 unspecified atom stereocenters. The van der Waals surface area contributed by atoms with Crippen LogP contribution in [0.3, 0.4) is 0 Å². The van der Waals surface area contributed by atoms with Crippen LogP contribution in [0.1, 0.15) is 18.1 Å². The van der Waals surface area contributed by atoms with Crippen LogP contribution >= 0.6 is 0 Å². The van der Waals surface area contributed by atoms with Crippen LogP contribution in [0.5, 0.6) is 0 Å². The van der Waals surface area contributed by atoms with Crippen molar-refractivity contribution in [3.63, 3.8) is 0 Å². The van der Waals surface area contributed by atoms with Crippen molar-refractivity contribution in [3.05, 3.63) is 59.2 Å². The number of carbonyl (C=O) groups excluding carboxylic acids is 1. The van der Waals surface area contributed by atoms with Gasteiger partial charge in [0.25, 0.3) is 10.0 Å². The van der Waals surface area contributed by atoms with Crippen LogP contribution < -0.4 is 4.72 Å². The molecule has 0 saturated heterocycles. The van der Waals surface area contributed by atoms with Gasteiger partial charge >= 0.3 is 0 Å². The lowest BCUT2D eigenvalue weighted by molar-refractivity contribution is -0.129. The molecule has 0 saturated carbocycles. The average Bonchev–Trinajstić information content (AvgIpc) is 2.52. The zero-order chi connectivity index (χ0) is 18.2. The monoisotopic (exact) mass is 366 g/mol. The average molecular weight is 366 g/mol. The number of nitrogens with one attached hydrogen (secondary N) is 1. The summed E-state index contributed by atoms with van der Waals surface area (Å²) in [4.78, 5) is 12.7. The summed E-state index contributed by atoms with van der Waals surface area (Å²) >= 11 is 0. The predicted molar refractivity (Wildman–Crippen MR) is 88.4 cm³/mol. The fourth-order valence-corrected chi connectivity index (χ4v) is 3.88. The topological polar surface area (TPSA) is 66.5 Å². The number of benzene rings is 2. The summed E-state index contributed by atoms with van der Waals surface area (Å²) in [6.45, 7) is 2.50. The molecule has 1 amide bonds. The van der Waals surface area contributed by atoms with E-state index in [0.29, 0.717) is 25.6 Å². The van der Waals surface area contributed by atoms with Gasteiger partial charge in [-0.3, -0.25) is 9.52 Å². The fraction of sp³-hybridized carbons (Fsp3) is 0.235. The van der Waals surface area contributed by atoms with Gasteiger partial charge in [0.15, 0.2) is 0 Å². The van der Waals surface area contributed by atoms with Gasteiger partial charge in [-0.1, -0.05) is 6.07 Å². The first kappa shape index (κ1) is 17.3. The summed E-state index contributed by atoms with van der Waals surface area (Å²) in [7, 11) is -4.13. The SMILES string of the molecule is CC(=O)N1CCc2ccc(NS(=O)(=O)c3cc(F)cc(F)c3)cc2C1. The maximum atomic E-state index is 13.3. The Morgan fingerprint density at radius 2 is 1.76 bits per heavy atom. The smallest absolute Gasteiger partial charge is 0.262 e. The highest BCUT2D eigenvalue weighted by molar-refractivity contribution is 7.92. The van der Waals surface area contributed by atoms with Crippen LogP contribution in [-0.4, -0.2) is 25.8 Å². The van der Waals surface area contributed by atoms with Gasteiger partial charge in [-0.05, 0) is 41.8 Å². The van der Waals surface area contributed by atoms with Crippen LogP contribution in [0.4, 0.5) is 14.5 Å². The minimum atomic E-state index is -4.13. The molecule has 3 rings (SSSR count). The van der Waals surface area contributed by atoms with E-state index in [2.05, 4.69) is 4.72 Å². The van der Waals surface area contributed by atoms with Crippen molar-refractivity contribution in [2.45, 2.75) is 24.8 Å². The van der Waals surface area contributed by atoms with Crippen molar-refractivity contribution in [3.8, 4) is 0 Å². The van der Waals surface area contributed by atoms with E-state index >= 15 is 0 Å². The van der Waals surface area contributed by atoms with Gasteiger partial charge in [-0.25, -0.2) is 17.2 Å². The van der Waals surface area contributed by atoms with Gasteiger partial charge in [-0.2, -0.15) is 0 Å². The lowest BCUT2D eigenvalue weighted by Crippen LogP contribution is -2.34. The molecular weight excluding hydrogens is 350 g/mol. The molecule has 5 nitrogen and oxygen atoms in total. The minimum Gasteiger partial charge on any atom is -0.338 e. The minimum absolute atomic E-state index is 0.0492. The summed E-state index contributed by atoms with van der Waals surface area (Å²) in [6, 6.07) is 7.13. The molecule has 8 heteroatoms. The molecule has 0 aliphatic carbocycles. The Morgan fingerprint density at radius 3 is 2.40 bits per heavy atom. The Hall–Kier alpha value is -2.48. The molecule has 2 aromatic rings. The zero-order valence-corrected chi connectivity index (χ0v) is 14.2. The number of fused-ring (bicyclic) bond motifs is 1. The predicted octanol–water partition coefficient (Wildman–Crippen LogP) is 2.67. The normalized spacial score (nSPS) is 14.1. The number of halogens is 2. The fourth-order valence-electron chi connectivity index (χ4n) is 2.79. The van der Waals surface area contributed by atoms with Crippen molar-refractivity contribution < 1.29 is 22.0 Å². The quantitative estimate of drug-likeness (QED) is 0.908. The van der Waals surface area contributed by atoms with Crippen molar-refractivity contribution in [1.82, 2.24) is 4.90 Å². The van der Waals surface area contributed by atoms with Crippen molar-refractivity contribution >= 4 is 21.6 Å². The highest BCUT2D eigenvalue weighted by Gasteiger charge is 2.20. The summed E-state index contributed by atoms with van der Waals surface area (Å²) in [5, 5.41) is 0. The van der Waals surface area contributed by atoms with E-state index < -0.39 is 26.6 Å². The molecule has 1 aliphatic rings. The number of nitrogens with zero attached hydrogens (tertiary/aromatic N) is 1. The third-order valence-corrected chi connectivity index (χ3v) is 5.42. The number of hydrogen-bond donors (Lipinski definition) is 1. The van der Waals surface area contributed by atoms with Crippen molar-refractivity contribution in [1.29, 1.82) is 0 Å². The summed E-state index contributed by atoms with van der Waals surface area (Å²) < 4.78 is 53.5. The molecule has 1 heterocycles. The molecule has 0 atom stereocenters. The largest absolute Gasteiger partial charge is 0.338 e. The highest BCUT2D eigenvalue weighted by Crippen LogP contribution is 2.25. The van der Waals surface area contributed by atoms with Crippen molar-refractivity contribution in [2.75, 3.05) is 11.3 Å². The van der Waals surface area contributed by atoms with Gasteiger partial charge in [0.2, 0.25) is 5.91 Å². The Bertz CT molecular complexity index is 925. The maximum absolute atomic E-state index is 13.3. The van der Waals surface area contributed by atoms with E-state index in [1.807, 2.05) is 0 Å². The Labute approximate surface area is 144 Å². The third kappa shape index (κ3) is 3.79. The van der Waals surface area contributed by atoms with Crippen LogP contribution in [0.25, 0.3) is 0 Å². The summed E-state index contributed by atoms with van der Waals surface area (Å²) in [5.41, 5.74) is 2.15. The van der Waals surface area contributed by atoms with E-state index in [9.17, 15) is 22.0 Å². The van der Waals surface area contributed by atoms with Gasteiger partial charge < -0.3 is 4.90 Å². The Balaban J connectivity index is 1.88. The molecule has 0 fully saturated rings. The summed E-state index contributed by atoms with van der Waals surface area (Å²) in [6.07, 6.45) is 0.692. The first-order valence-electron chi connectivity index (χ1n) is 7.61. The first-order chi connectivity index (χ1) is 11.7. The van der Waals surface area contributed by atoms with Crippen LogP contribution in [0, 0.1) is 11.6 Å². The van der Waals surface area contributed by atoms with Gasteiger partial charge in [0.05, 0.1) is 4.90 Å². The Morgan fingerprint density at radius 1 is 1.08 bits per heavy atom. The molecule has 0 radical (unpaired) electrons. The lowest BCUT2D eigenvalue weighted by atomic mass is 9.99. The molecule has 25 heavy (non-hydrogen) atoms. The molecule has 0 spiro atoms.